The maximum absolute atomic E-state index is 11.8. The maximum Gasteiger partial charge on any atom is 0.290 e. The number of nitrogens with one attached hydrogen (secondary N) is 2. The lowest BCUT2D eigenvalue weighted by atomic mass is 9.97. The second-order valence-electron chi connectivity index (χ2n) is 8.19. The van der Waals surface area contributed by atoms with Crippen LogP contribution in [-0.2, 0) is 11.3 Å². The van der Waals surface area contributed by atoms with Crippen molar-refractivity contribution in [3.8, 4) is 11.5 Å². The highest BCUT2D eigenvalue weighted by atomic mass is 32.2. The minimum atomic E-state index is -0.383. The van der Waals surface area contributed by atoms with Gasteiger partial charge in [0.05, 0.1) is 22.6 Å². The lowest BCUT2D eigenvalue weighted by Crippen LogP contribution is -2.38. The third-order valence-corrected chi connectivity index (χ3v) is 6.61. The number of carbonyl (C=O) groups is 2. The second kappa shape index (κ2) is 10.2. The van der Waals surface area contributed by atoms with E-state index in [4.69, 9.17) is 4.42 Å². The lowest BCUT2D eigenvalue weighted by molar-refractivity contribution is -0.115. The average molecular weight is 477 g/mol. The van der Waals surface area contributed by atoms with Crippen LogP contribution in [0.25, 0.3) is 17.5 Å². The zero-order valence-corrected chi connectivity index (χ0v) is 19.3. The van der Waals surface area contributed by atoms with Crippen LogP contribution in [0.5, 0.6) is 0 Å². The highest BCUT2D eigenvalue weighted by Gasteiger charge is 2.25. The highest BCUT2D eigenvalue weighted by Crippen LogP contribution is 2.26. The number of imide groups is 1. The van der Waals surface area contributed by atoms with Crippen molar-refractivity contribution in [3.05, 3.63) is 65.2 Å². The maximum atomic E-state index is 11.8. The quantitative estimate of drug-likeness (QED) is 0.495. The molecule has 5 heterocycles. The Morgan fingerprint density at radius 3 is 2.79 bits per heavy atom. The zero-order valence-electron chi connectivity index (χ0n) is 18.4. The van der Waals surface area contributed by atoms with Crippen molar-refractivity contribution < 1.29 is 14.0 Å². The van der Waals surface area contributed by atoms with E-state index in [1.165, 1.54) is 0 Å². The molecular formula is C24H24N6O3S. The van der Waals surface area contributed by atoms with E-state index in [-0.39, 0.29) is 11.1 Å². The van der Waals surface area contributed by atoms with Gasteiger partial charge < -0.3 is 14.6 Å². The minimum absolute atomic E-state index is 0.351. The van der Waals surface area contributed by atoms with Crippen LogP contribution < -0.4 is 15.5 Å². The predicted molar refractivity (Wildman–Crippen MR) is 130 cm³/mol. The summed E-state index contributed by atoms with van der Waals surface area (Å²) in [4.78, 5) is 39.3. The Balaban J connectivity index is 1.11. The van der Waals surface area contributed by atoms with Gasteiger partial charge in [-0.25, -0.2) is 15.0 Å². The molecule has 0 atom stereocenters. The Bertz CT molecular complexity index is 1200. The second-order valence-corrected chi connectivity index (χ2v) is 9.20. The number of pyridine rings is 1. The summed E-state index contributed by atoms with van der Waals surface area (Å²) in [6.45, 7) is 3.37. The number of hydrogen-bond acceptors (Lipinski definition) is 9. The van der Waals surface area contributed by atoms with Crippen molar-refractivity contribution in [2.24, 2.45) is 5.92 Å². The molecule has 10 heteroatoms. The third-order valence-electron chi connectivity index (χ3n) is 5.80. The van der Waals surface area contributed by atoms with Gasteiger partial charge in [-0.15, -0.1) is 0 Å². The number of nitrogens with zero attached hydrogens (tertiary/aromatic N) is 4. The fraction of sp³-hybridized carbons (Fsp3) is 0.292. The van der Waals surface area contributed by atoms with Crippen molar-refractivity contribution in [3.63, 3.8) is 0 Å². The molecule has 3 aromatic heterocycles. The number of anilines is 1. The molecule has 2 amide bonds. The van der Waals surface area contributed by atoms with Gasteiger partial charge in [-0.1, -0.05) is 6.07 Å². The third kappa shape index (κ3) is 5.35. The zero-order chi connectivity index (χ0) is 23.3. The van der Waals surface area contributed by atoms with Gasteiger partial charge in [-0.3, -0.25) is 14.9 Å². The Hall–Kier alpha value is -3.50. The monoisotopic (exact) mass is 476 g/mol. The van der Waals surface area contributed by atoms with Crippen LogP contribution in [0.1, 0.15) is 24.2 Å². The van der Waals surface area contributed by atoms with Gasteiger partial charge in [-0.05, 0) is 73.5 Å². The molecule has 3 aromatic rings. The van der Waals surface area contributed by atoms with Gasteiger partial charge in [0, 0.05) is 25.8 Å². The number of thioether (sulfide) groups is 1. The first kappa shape index (κ1) is 22.3. The van der Waals surface area contributed by atoms with Crippen LogP contribution in [-0.4, -0.2) is 45.7 Å². The van der Waals surface area contributed by atoms with Gasteiger partial charge in [0.25, 0.3) is 11.1 Å². The van der Waals surface area contributed by atoms with E-state index in [2.05, 4.69) is 30.5 Å². The fourth-order valence-corrected chi connectivity index (χ4v) is 4.70. The molecule has 0 bridgehead atoms. The summed E-state index contributed by atoms with van der Waals surface area (Å²) in [6.07, 6.45) is 7.04. The molecule has 0 spiro atoms. The molecule has 2 N–H and O–H groups in total. The number of aromatic nitrogens is 3. The first-order valence-electron chi connectivity index (χ1n) is 11.2. The van der Waals surface area contributed by atoms with E-state index in [9.17, 15) is 9.59 Å². The first-order chi connectivity index (χ1) is 16.6. The normalized spacial score (nSPS) is 18.0. The molecule has 2 fully saturated rings. The molecule has 2 aliphatic rings. The number of amides is 2. The van der Waals surface area contributed by atoms with Crippen molar-refractivity contribution in [1.82, 2.24) is 25.6 Å². The van der Waals surface area contributed by atoms with E-state index < -0.39 is 0 Å². The van der Waals surface area contributed by atoms with Crippen LogP contribution in [0.4, 0.5) is 10.7 Å². The van der Waals surface area contributed by atoms with Gasteiger partial charge in [-0.2, -0.15) is 0 Å². The molecule has 34 heavy (non-hydrogen) atoms. The van der Waals surface area contributed by atoms with Crippen LogP contribution in [0.15, 0.2) is 58.2 Å². The SMILES string of the molecule is O=C1NC(=O)/C(=C\c2ccnc(N3CCC(CNCc4cccc(-c5ccco5)n4)CC3)n2)S1. The molecule has 0 aromatic carbocycles. The molecule has 0 saturated carbocycles. The molecule has 0 radical (unpaired) electrons. The van der Waals surface area contributed by atoms with Crippen molar-refractivity contribution in [1.29, 1.82) is 0 Å². The summed E-state index contributed by atoms with van der Waals surface area (Å²) in [5.74, 6) is 1.61. The first-order valence-corrected chi connectivity index (χ1v) is 12.0. The van der Waals surface area contributed by atoms with Gasteiger partial charge in [0.15, 0.2) is 5.76 Å². The average Bonchev–Trinajstić information content (AvgIpc) is 3.50. The molecule has 2 aliphatic heterocycles. The predicted octanol–water partition coefficient (Wildman–Crippen LogP) is 3.46. The number of furan rings is 1. The number of piperidine rings is 1. The molecule has 0 unspecified atom stereocenters. The Kier molecular flexibility index (Phi) is 6.68. The van der Waals surface area contributed by atoms with Crippen LogP contribution in [0.2, 0.25) is 0 Å². The van der Waals surface area contributed by atoms with E-state index in [1.807, 2.05) is 30.3 Å². The van der Waals surface area contributed by atoms with Crippen molar-refractivity contribution in [2.75, 3.05) is 24.5 Å². The standard InChI is InChI=1S/C24H24N6O3S/c31-22-21(34-24(32)29-22)13-17-6-9-26-23(28-17)30-10-7-16(8-11-30)14-25-15-18-3-1-4-19(27-18)20-5-2-12-33-20/h1-6,9,12-13,16,25H,7-8,10-11,14-15H2,(H,29,31,32)/b21-13+. The largest absolute Gasteiger partial charge is 0.463 e. The topological polar surface area (TPSA) is 113 Å². The van der Waals surface area contributed by atoms with E-state index in [0.29, 0.717) is 29.0 Å². The number of carbonyl (C=O) groups excluding carboxylic acids is 2. The summed E-state index contributed by atoms with van der Waals surface area (Å²) in [5.41, 5.74) is 2.45. The summed E-state index contributed by atoms with van der Waals surface area (Å²) < 4.78 is 5.44. The minimum Gasteiger partial charge on any atom is -0.463 e. The van der Waals surface area contributed by atoms with Gasteiger partial charge in [0.2, 0.25) is 5.95 Å². The molecule has 2 saturated heterocycles. The Morgan fingerprint density at radius 2 is 2.03 bits per heavy atom. The van der Waals surface area contributed by atoms with Crippen LogP contribution >= 0.6 is 11.8 Å². The Morgan fingerprint density at radius 1 is 1.15 bits per heavy atom. The number of hydrogen-bond donors (Lipinski definition) is 2. The highest BCUT2D eigenvalue weighted by molar-refractivity contribution is 8.18. The molecule has 174 valence electrons. The van der Waals surface area contributed by atoms with Crippen LogP contribution in [0, 0.1) is 5.92 Å². The van der Waals surface area contributed by atoms with E-state index >= 15 is 0 Å². The van der Waals surface area contributed by atoms with Crippen molar-refractivity contribution >= 4 is 34.9 Å². The summed E-state index contributed by atoms with van der Waals surface area (Å²) >= 11 is 0.888. The summed E-state index contributed by atoms with van der Waals surface area (Å²) in [7, 11) is 0. The van der Waals surface area contributed by atoms with E-state index in [1.54, 1.807) is 24.6 Å². The molecule has 5 rings (SSSR count). The molecular weight excluding hydrogens is 452 g/mol. The van der Waals surface area contributed by atoms with Crippen molar-refractivity contribution in [2.45, 2.75) is 19.4 Å². The Labute approximate surface area is 201 Å². The van der Waals surface area contributed by atoms with Gasteiger partial charge in [0.1, 0.15) is 5.69 Å². The summed E-state index contributed by atoms with van der Waals surface area (Å²) in [6, 6.07) is 11.5. The summed E-state index contributed by atoms with van der Waals surface area (Å²) in [5, 5.41) is 5.43. The number of rotatable bonds is 7. The molecule has 0 aliphatic carbocycles. The molecule has 9 nitrogen and oxygen atoms in total. The van der Waals surface area contributed by atoms with Crippen LogP contribution in [0.3, 0.4) is 0 Å². The van der Waals surface area contributed by atoms with E-state index in [0.717, 1.165) is 61.4 Å². The lowest BCUT2D eigenvalue weighted by Gasteiger charge is -2.32. The fourth-order valence-electron chi connectivity index (χ4n) is 4.03. The van der Waals surface area contributed by atoms with Gasteiger partial charge >= 0.3 is 0 Å². The smallest absolute Gasteiger partial charge is 0.290 e.